The van der Waals surface area contributed by atoms with E-state index in [1.165, 1.54) is 141 Å². The lowest BCUT2D eigenvalue weighted by molar-refractivity contribution is -0.870. The van der Waals surface area contributed by atoms with Crippen LogP contribution in [-0.4, -0.2) is 70.0 Å². The van der Waals surface area contributed by atoms with Gasteiger partial charge in [0, 0.05) is 12.5 Å². The first-order valence-electron chi connectivity index (χ1n) is 22.7. The molecule has 0 bridgehead atoms. The van der Waals surface area contributed by atoms with Crippen molar-refractivity contribution >= 4 is 19.8 Å². The molecular formula is C46H86NO8P. The van der Waals surface area contributed by atoms with Crippen molar-refractivity contribution in [2.45, 2.75) is 200 Å². The Morgan fingerprint density at radius 1 is 0.589 bits per heavy atom. The molecule has 1 unspecified atom stereocenters. The number of nitrogens with zero attached hydrogens (tertiary/aromatic N) is 1. The Bertz CT molecular complexity index is 1050. The highest BCUT2D eigenvalue weighted by atomic mass is 31.2. The average molecular weight is 812 g/mol. The predicted molar refractivity (Wildman–Crippen MR) is 231 cm³/mol. The number of hydrogen-bond donors (Lipinski definition) is 0. The van der Waals surface area contributed by atoms with Crippen molar-refractivity contribution in [2.75, 3.05) is 47.5 Å². The Hall–Kier alpha value is -1.77. The second kappa shape index (κ2) is 38.7. The van der Waals surface area contributed by atoms with Crippen LogP contribution in [0.5, 0.6) is 0 Å². The summed E-state index contributed by atoms with van der Waals surface area (Å²) in [6.45, 7) is 4.09. The van der Waals surface area contributed by atoms with Crippen LogP contribution in [0.15, 0.2) is 36.5 Å². The summed E-state index contributed by atoms with van der Waals surface area (Å²) in [6.07, 6.45) is 43.7. The van der Waals surface area contributed by atoms with E-state index < -0.39 is 32.5 Å². The van der Waals surface area contributed by atoms with Crippen molar-refractivity contribution in [3.05, 3.63) is 36.5 Å². The molecular weight excluding hydrogens is 725 g/mol. The van der Waals surface area contributed by atoms with Crippen LogP contribution in [0.4, 0.5) is 0 Å². The predicted octanol–water partition coefficient (Wildman–Crippen LogP) is 12.3. The van der Waals surface area contributed by atoms with Gasteiger partial charge in [-0.1, -0.05) is 173 Å². The summed E-state index contributed by atoms with van der Waals surface area (Å²) in [6, 6.07) is 0. The maximum atomic E-state index is 12.7. The maximum absolute atomic E-state index is 12.7. The topological polar surface area (TPSA) is 111 Å². The Morgan fingerprint density at radius 3 is 1.54 bits per heavy atom. The minimum absolute atomic E-state index is 0.0435. The van der Waals surface area contributed by atoms with Crippen LogP contribution in [-0.2, 0) is 32.7 Å². The maximum Gasteiger partial charge on any atom is 0.330 e. The van der Waals surface area contributed by atoms with Gasteiger partial charge in [-0.15, -0.1) is 0 Å². The number of unbranched alkanes of at least 4 members (excludes halogenated alkanes) is 24. The molecule has 0 aliphatic carbocycles. The van der Waals surface area contributed by atoms with E-state index >= 15 is 0 Å². The number of ether oxygens (including phenoxy) is 2. The second-order valence-corrected chi connectivity index (χ2v) is 17.9. The lowest BCUT2D eigenvalue weighted by Gasteiger charge is -2.28. The number of phosphoric acid groups is 1. The fraction of sp³-hybridized carbons (Fsp3) is 0.826. The molecule has 0 aliphatic heterocycles. The van der Waals surface area contributed by atoms with Crippen LogP contribution in [0, 0.1) is 0 Å². The molecule has 0 radical (unpaired) electrons. The molecule has 0 saturated carbocycles. The molecule has 0 rings (SSSR count). The number of hydrogen-bond acceptors (Lipinski definition) is 8. The highest BCUT2D eigenvalue weighted by Gasteiger charge is 2.21. The summed E-state index contributed by atoms with van der Waals surface area (Å²) < 4.78 is 33.7. The Balaban J connectivity index is 4.42. The molecule has 328 valence electrons. The van der Waals surface area contributed by atoms with Gasteiger partial charge in [0.05, 0.1) is 27.7 Å². The van der Waals surface area contributed by atoms with E-state index in [2.05, 4.69) is 26.0 Å². The number of carbonyl (C=O) groups excluding carboxylic acids is 2. The van der Waals surface area contributed by atoms with Gasteiger partial charge in [0.25, 0.3) is 7.82 Å². The monoisotopic (exact) mass is 812 g/mol. The molecule has 0 amide bonds. The third kappa shape index (κ3) is 41.9. The fourth-order valence-electron chi connectivity index (χ4n) is 6.15. The number of likely N-dealkylation sites (N-methyl/N-ethyl adjacent to an activating group) is 1. The molecule has 0 N–H and O–H groups in total. The number of quaternary nitrogens is 1. The second-order valence-electron chi connectivity index (χ2n) is 16.5. The van der Waals surface area contributed by atoms with Gasteiger partial charge in [0.15, 0.2) is 6.10 Å². The Morgan fingerprint density at radius 2 is 1.04 bits per heavy atom. The van der Waals surface area contributed by atoms with Gasteiger partial charge in [-0.05, 0) is 44.9 Å². The van der Waals surface area contributed by atoms with Crippen molar-refractivity contribution < 1.29 is 42.1 Å². The molecule has 9 nitrogen and oxygen atoms in total. The number of phosphoric ester groups is 1. The van der Waals surface area contributed by atoms with Crippen molar-refractivity contribution in [3.63, 3.8) is 0 Å². The lowest BCUT2D eigenvalue weighted by Crippen LogP contribution is -2.37. The van der Waals surface area contributed by atoms with Crippen LogP contribution in [0.2, 0.25) is 0 Å². The molecule has 0 aromatic carbocycles. The first-order valence-corrected chi connectivity index (χ1v) is 24.2. The molecule has 10 heteroatoms. The van der Waals surface area contributed by atoms with Crippen LogP contribution in [0.3, 0.4) is 0 Å². The van der Waals surface area contributed by atoms with Gasteiger partial charge in [-0.3, -0.25) is 9.36 Å². The van der Waals surface area contributed by atoms with Crippen molar-refractivity contribution in [1.82, 2.24) is 0 Å². The van der Waals surface area contributed by atoms with E-state index in [9.17, 15) is 19.0 Å². The summed E-state index contributed by atoms with van der Waals surface area (Å²) in [4.78, 5) is 37.4. The molecule has 0 saturated heterocycles. The van der Waals surface area contributed by atoms with E-state index in [0.717, 1.165) is 32.1 Å². The van der Waals surface area contributed by atoms with E-state index in [1.54, 1.807) is 6.08 Å². The van der Waals surface area contributed by atoms with Gasteiger partial charge in [-0.2, -0.15) is 0 Å². The third-order valence-corrected chi connectivity index (χ3v) is 10.7. The Labute approximate surface area is 344 Å². The van der Waals surface area contributed by atoms with Gasteiger partial charge < -0.3 is 27.9 Å². The quantitative estimate of drug-likeness (QED) is 0.0114. The molecule has 0 spiro atoms. The number of allylic oxidation sites excluding steroid dienone is 5. The standard InChI is InChI=1S/C46H86NO8P/c1-6-8-10-12-14-16-18-20-22-23-25-27-29-31-33-35-37-39-46(49)55-44(43-54-56(50,51)53-41-40-47(3,4)5)42-52-45(48)38-36-34-32-30-28-26-24-21-19-17-15-13-11-9-7-2/h16,18,32,34,36,38,44H,6-15,17,19-31,33,35,37,39-43H2,1-5H3/b18-16+,34-32+,38-36+/t44-/m1/s1. The molecule has 0 fully saturated rings. The minimum atomic E-state index is -4.64. The van der Waals surface area contributed by atoms with Crippen LogP contribution in [0.25, 0.3) is 0 Å². The molecule has 0 aromatic heterocycles. The smallest absolute Gasteiger partial charge is 0.330 e. The van der Waals surface area contributed by atoms with Crippen molar-refractivity contribution in [2.24, 2.45) is 0 Å². The number of esters is 2. The van der Waals surface area contributed by atoms with Crippen molar-refractivity contribution in [3.8, 4) is 0 Å². The fourth-order valence-corrected chi connectivity index (χ4v) is 6.88. The SMILES string of the molecule is CCCCCC/C=C/CCCCCCCCCCCC(=O)O[C@H](COC(=O)/C=C/C=C/CCCCCCCCCCCCC)COP(=O)([O-])OCC[N+](C)(C)C. The largest absolute Gasteiger partial charge is 0.756 e. The molecule has 0 aliphatic rings. The first-order chi connectivity index (χ1) is 27.0. The minimum Gasteiger partial charge on any atom is -0.756 e. The number of rotatable bonds is 41. The van der Waals surface area contributed by atoms with Crippen LogP contribution < -0.4 is 4.89 Å². The summed E-state index contributed by atoms with van der Waals surface area (Å²) in [5.74, 6) is -1.09. The zero-order valence-corrected chi connectivity index (χ0v) is 37.7. The lowest BCUT2D eigenvalue weighted by atomic mass is 10.1. The molecule has 0 heterocycles. The summed E-state index contributed by atoms with van der Waals surface area (Å²) in [7, 11) is 1.12. The van der Waals surface area contributed by atoms with Crippen LogP contribution >= 0.6 is 7.82 Å². The Kier molecular flexibility index (Phi) is 37.5. The third-order valence-electron chi connectivity index (χ3n) is 9.74. The average Bonchev–Trinajstić information content (AvgIpc) is 3.15. The van der Waals surface area contributed by atoms with Crippen LogP contribution in [0.1, 0.15) is 194 Å². The van der Waals surface area contributed by atoms with Gasteiger partial charge in [-0.25, -0.2) is 4.79 Å². The molecule has 2 atom stereocenters. The van der Waals surface area contributed by atoms with Gasteiger partial charge in [0.2, 0.25) is 0 Å². The van der Waals surface area contributed by atoms with E-state index in [4.69, 9.17) is 18.5 Å². The van der Waals surface area contributed by atoms with Crippen molar-refractivity contribution in [1.29, 1.82) is 0 Å². The molecule has 56 heavy (non-hydrogen) atoms. The highest BCUT2D eigenvalue weighted by molar-refractivity contribution is 7.45. The summed E-state index contributed by atoms with van der Waals surface area (Å²) in [5.41, 5.74) is 0. The van der Waals surface area contributed by atoms with Gasteiger partial charge >= 0.3 is 11.9 Å². The van der Waals surface area contributed by atoms with E-state index in [1.807, 2.05) is 33.3 Å². The normalized spacial score (nSPS) is 13.9. The van der Waals surface area contributed by atoms with E-state index in [-0.39, 0.29) is 19.6 Å². The zero-order chi connectivity index (χ0) is 41.4. The highest BCUT2D eigenvalue weighted by Crippen LogP contribution is 2.38. The first kappa shape index (κ1) is 54.2. The molecule has 0 aromatic rings. The zero-order valence-electron chi connectivity index (χ0n) is 36.8. The van der Waals surface area contributed by atoms with Gasteiger partial charge in [0.1, 0.15) is 19.8 Å². The number of carbonyl (C=O) groups is 2. The van der Waals surface area contributed by atoms with E-state index in [0.29, 0.717) is 17.4 Å². The summed E-state index contributed by atoms with van der Waals surface area (Å²) >= 11 is 0. The summed E-state index contributed by atoms with van der Waals surface area (Å²) in [5, 5.41) is 0.